The van der Waals surface area contributed by atoms with Crippen LogP contribution in [0.2, 0.25) is 0 Å². The van der Waals surface area contributed by atoms with Crippen LogP contribution in [-0.4, -0.2) is 46.2 Å². The monoisotopic (exact) mass is 517 g/mol. The number of halogens is 3. The van der Waals surface area contributed by atoms with Gasteiger partial charge in [0.1, 0.15) is 0 Å². The van der Waals surface area contributed by atoms with Crippen LogP contribution in [0, 0.1) is 11.8 Å². The molecule has 0 aliphatic carbocycles. The second-order valence-electron chi connectivity index (χ2n) is 8.15. The fraction of sp³-hybridized carbons (Fsp3) is 0.650. The van der Waals surface area contributed by atoms with Crippen molar-refractivity contribution in [3.8, 4) is 0 Å². The largest absolute Gasteiger partial charge is 0.467 e. The average molecular weight is 518 g/mol. The van der Waals surface area contributed by atoms with Gasteiger partial charge in [0.15, 0.2) is 0 Å². The molecule has 0 spiro atoms. The van der Waals surface area contributed by atoms with Gasteiger partial charge in [0.05, 0.1) is 25.2 Å². The number of nitrogens with one attached hydrogen (secondary N) is 1. The van der Waals surface area contributed by atoms with Crippen molar-refractivity contribution in [1.29, 1.82) is 0 Å². The minimum absolute atomic E-state index is 0.0476. The van der Waals surface area contributed by atoms with Gasteiger partial charge in [-0.05, 0) is 36.8 Å². The zero-order valence-electron chi connectivity index (χ0n) is 19.2. The van der Waals surface area contributed by atoms with Crippen LogP contribution in [0.1, 0.15) is 40.5 Å². The number of methoxy groups -OCH3 is 1. The summed E-state index contributed by atoms with van der Waals surface area (Å²) in [6.07, 6.45) is -5.39. The van der Waals surface area contributed by atoms with Crippen LogP contribution in [0.3, 0.4) is 0 Å². The van der Waals surface area contributed by atoms with Crippen LogP contribution in [0.25, 0.3) is 0 Å². The Kier molecular flexibility index (Phi) is 10.6. The van der Waals surface area contributed by atoms with Crippen molar-refractivity contribution in [3.63, 3.8) is 0 Å². The number of hydrogen-bond acceptors (Lipinski definition) is 7. The van der Waals surface area contributed by atoms with E-state index in [4.69, 9.17) is 9.05 Å². The van der Waals surface area contributed by atoms with Crippen LogP contribution in [0.4, 0.5) is 13.2 Å². The lowest BCUT2D eigenvalue weighted by Gasteiger charge is -2.38. The van der Waals surface area contributed by atoms with Gasteiger partial charge in [0, 0.05) is 0 Å². The number of carbonyl (C=O) groups is 1. The van der Waals surface area contributed by atoms with Gasteiger partial charge in [-0.15, -0.1) is 0 Å². The Hall–Kier alpha value is -1.46. The van der Waals surface area contributed by atoms with Crippen LogP contribution in [0.5, 0.6) is 0 Å². The summed E-state index contributed by atoms with van der Waals surface area (Å²) in [6, 6.07) is 6.04. The first-order chi connectivity index (χ1) is 15.1. The third-order valence-corrected chi connectivity index (χ3v) is 8.58. The number of benzene rings is 1. The van der Waals surface area contributed by atoms with Crippen molar-refractivity contribution < 1.29 is 44.7 Å². The first kappa shape index (κ1) is 29.6. The lowest BCUT2D eigenvalue weighted by atomic mass is 10.2. The van der Waals surface area contributed by atoms with Gasteiger partial charge in [0.25, 0.3) is 0 Å². The summed E-state index contributed by atoms with van der Waals surface area (Å²) in [5.41, 5.74) is 0. The maximum atomic E-state index is 14.6. The zero-order chi connectivity index (χ0) is 25.5. The quantitative estimate of drug-likeness (QED) is 0.298. The first-order valence-electron chi connectivity index (χ1n) is 10.3. The normalized spacial score (nSPS) is 15.0. The SMILES string of the molecule is COC(=O)C(NS(=O)(=O)c1ccccc1)(C(F)(F)F)P(=O)(OCCC(C)C)OCCC(C)C. The summed E-state index contributed by atoms with van der Waals surface area (Å²) >= 11 is 0. The molecule has 1 atom stereocenters. The predicted molar refractivity (Wildman–Crippen MR) is 116 cm³/mol. The number of hydrogen-bond donors (Lipinski definition) is 1. The van der Waals surface area contributed by atoms with E-state index in [9.17, 15) is 30.9 Å². The van der Waals surface area contributed by atoms with Gasteiger partial charge >= 0.3 is 25.0 Å². The summed E-state index contributed by atoms with van der Waals surface area (Å²) in [6.45, 7) is 6.07. The van der Waals surface area contributed by atoms with Crippen molar-refractivity contribution >= 4 is 23.6 Å². The molecule has 13 heteroatoms. The minimum atomic E-state index is -5.74. The van der Waals surface area contributed by atoms with Crippen LogP contribution in [0.15, 0.2) is 35.2 Å². The van der Waals surface area contributed by atoms with E-state index in [-0.39, 0.29) is 24.7 Å². The van der Waals surface area contributed by atoms with Crippen molar-refractivity contribution in [3.05, 3.63) is 30.3 Å². The maximum absolute atomic E-state index is 14.6. The van der Waals surface area contributed by atoms with Gasteiger partial charge in [-0.25, -0.2) is 13.2 Å². The standard InChI is InChI=1S/C20H31F3NO7PS/c1-15(2)11-13-30-32(26,31-14-12-16(3)4)19(18(25)29-5,20(21,22)23)24-33(27,28)17-9-7-6-8-10-17/h6-10,15-16,24H,11-14H2,1-5H3. The Morgan fingerprint density at radius 3 is 1.82 bits per heavy atom. The number of alkyl halides is 3. The van der Waals surface area contributed by atoms with E-state index < -0.39 is 53.2 Å². The Bertz CT molecular complexity index is 905. The second-order valence-corrected chi connectivity index (χ2v) is 12.0. The highest BCUT2D eigenvalue weighted by molar-refractivity contribution is 7.90. The third kappa shape index (κ3) is 7.26. The topological polar surface area (TPSA) is 108 Å². The van der Waals surface area contributed by atoms with Crippen LogP contribution >= 0.6 is 7.60 Å². The predicted octanol–water partition coefficient (Wildman–Crippen LogP) is 4.72. The molecule has 0 amide bonds. The molecule has 33 heavy (non-hydrogen) atoms. The average Bonchev–Trinajstić information content (AvgIpc) is 2.70. The fourth-order valence-electron chi connectivity index (χ4n) is 2.59. The van der Waals surface area contributed by atoms with E-state index in [0.717, 1.165) is 12.1 Å². The molecule has 0 fully saturated rings. The molecule has 1 N–H and O–H groups in total. The second kappa shape index (κ2) is 11.8. The van der Waals surface area contributed by atoms with Crippen molar-refractivity contribution in [2.45, 2.75) is 56.9 Å². The molecule has 190 valence electrons. The lowest BCUT2D eigenvalue weighted by Crippen LogP contribution is -2.64. The minimum Gasteiger partial charge on any atom is -0.467 e. The van der Waals surface area contributed by atoms with Crippen molar-refractivity contribution in [2.24, 2.45) is 11.8 Å². The molecule has 0 bridgehead atoms. The first-order valence-corrected chi connectivity index (χ1v) is 13.3. The fourth-order valence-corrected chi connectivity index (χ4v) is 6.39. The molecule has 0 saturated heterocycles. The van der Waals surface area contributed by atoms with Gasteiger partial charge < -0.3 is 13.8 Å². The Morgan fingerprint density at radius 2 is 1.45 bits per heavy atom. The molecule has 0 radical (unpaired) electrons. The molecular weight excluding hydrogens is 486 g/mol. The third-order valence-electron chi connectivity index (χ3n) is 4.55. The zero-order valence-corrected chi connectivity index (χ0v) is 20.9. The number of carbonyl (C=O) groups excluding carboxylic acids is 1. The summed E-state index contributed by atoms with van der Waals surface area (Å²) in [4.78, 5) is 12.0. The van der Waals surface area contributed by atoms with E-state index >= 15 is 0 Å². The van der Waals surface area contributed by atoms with Crippen LogP contribution in [-0.2, 0) is 33.2 Å². The van der Waals surface area contributed by atoms with E-state index in [0.29, 0.717) is 7.11 Å². The number of ether oxygens (including phenoxy) is 1. The molecular formula is C20H31F3NO7PS. The van der Waals surface area contributed by atoms with E-state index in [2.05, 4.69) is 4.74 Å². The van der Waals surface area contributed by atoms with Gasteiger partial charge in [-0.2, -0.15) is 17.9 Å². The summed E-state index contributed by atoms with van der Waals surface area (Å²) < 4.78 is 99.0. The highest BCUT2D eigenvalue weighted by Gasteiger charge is 2.76. The van der Waals surface area contributed by atoms with Crippen molar-refractivity contribution in [1.82, 2.24) is 4.72 Å². The van der Waals surface area contributed by atoms with Gasteiger partial charge in [-0.1, -0.05) is 45.9 Å². The molecule has 1 rings (SSSR count). The highest BCUT2D eigenvalue weighted by atomic mass is 32.2. The molecule has 1 aromatic carbocycles. The van der Waals surface area contributed by atoms with Gasteiger partial charge in [0.2, 0.25) is 10.0 Å². The molecule has 8 nitrogen and oxygen atoms in total. The van der Waals surface area contributed by atoms with E-state index in [1.807, 2.05) is 0 Å². The maximum Gasteiger partial charge on any atom is 0.430 e. The molecule has 0 aliphatic rings. The van der Waals surface area contributed by atoms with Gasteiger partial charge in [-0.3, -0.25) is 4.57 Å². The highest BCUT2D eigenvalue weighted by Crippen LogP contribution is 2.65. The number of sulfonamides is 1. The lowest BCUT2D eigenvalue weighted by molar-refractivity contribution is -0.193. The van der Waals surface area contributed by atoms with E-state index in [1.54, 1.807) is 27.7 Å². The number of rotatable bonds is 13. The Balaban J connectivity index is 3.71. The number of esters is 1. The Labute approximate surface area is 192 Å². The van der Waals surface area contributed by atoms with E-state index in [1.165, 1.54) is 22.9 Å². The Morgan fingerprint density at radius 1 is 1.00 bits per heavy atom. The molecule has 1 unspecified atom stereocenters. The summed E-state index contributed by atoms with van der Waals surface area (Å²) in [7, 11) is -9.98. The summed E-state index contributed by atoms with van der Waals surface area (Å²) in [5.74, 6) is -2.26. The van der Waals surface area contributed by atoms with Crippen molar-refractivity contribution in [2.75, 3.05) is 20.3 Å². The summed E-state index contributed by atoms with van der Waals surface area (Å²) in [5, 5.41) is -4.32. The van der Waals surface area contributed by atoms with Crippen LogP contribution < -0.4 is 4.72 Å². The molecule has 0 saturated carbocycles. The smallest absolute Gasteiger partial charge is 0.430 e. The molecule has 1 aromatic rings. The molecule has 0 aliphatic heterocycles. The molecule has 0 heterocycles. The molecule has 0 aromatic heterocycles.